The fourth-order valence-corrected chi connectivity index (χ4v) is 3.26. The van der Waals surface area contributed by atoms with E-state index in [4.69, 9.17) is 32.7 Å². The number of ether oxygens (including phenoxy) is 2. The Morgan fingerprint density at radius 1 is 1.26 bits per heavy atom. The van der Waals surface area contributed by atoms with Crippen LogP contribution in [0.5, 0.6) is 11.5 Å². The van der Waals surface area contributed by atoms with Crippen LogP contribution >= 0.6 is 50.5 Å². The molecule has 19 heavy (non-hydrogen) atoms. The van der Waals surface area contributed by atoms with Crippen LogP contribution in [-0.2, 0) is 11.9 Å². The van der Waals surface area contributed by atoms with Crippen LogP contribution in [-0.4, -0.2) is 7.11 Å². The maximum atomic E-state index is 6.03. The monoisotopic (exact) mass is 380 g/mol. The molecule has 0 saturated heterocycles. The summed E-state index contributed by atoms with van der Waals surface area (Å²) in [6.45, 7) is 0.454. The van der Waals surface area contributed by atoms with E-state index in [1.807, 2.05) is 18.2 Å². The highest BCUT2D eigenvalue weighted by Crippen LogP contribution is 2.36. The Balaban J connectivity index is 2.23. The number of methoxy groups -OCH3 is 1. The summed E-state index contributed by atoms with van der Waals surface area (Å²) in [5.41, 5.74) is 0.951. The molecule has 1 heterocycles. The fraction of sp³-hybridized carbons (Fsp3) is 0.231. The molecule has 0 bridgehead atoms. The summed E-state index contributed by atoms with van der Waals surface area (Å²) in [6, 6.07) is 7.40. The molecule has 102 valence electrons. The third-order valence-electron chi connectivity index (χ3n) is 2.45. The van der Waals surface area contributed by atoms with Crippen LogP contribution in [0.3, 0.4) is 0 Å². The predicted molar refractivity (Wildman–Crippen MR) is 84.3 cm³/mol. The molecule has 0 radical (unpaired) electrons. The lowest BCUT2D eigenvalue weighted by molar-refractivity contribution is 0.285. The lowest BCUT2D eigenvalue weighted by atomic mass is 10.2. The molecule has 2 nitrogen and oxygen atoms in total. The molecule has 0 amide bonds. The zero-order valence-electron chi connectivity index (χ0n) is 10.1. The third-order valence-corrected chi connectivity index (χ3v) is 4.48. The molecule has 0 saturated carbocycles. The SMILES string of the molecule is COc1cc(Cl)cc(CBr)c1OCc1ccc(Cl)s1. The summed E-state index contributed by atoms with van der Waals surface area (Å²) >= 11 is 16.8. The van der Waals surface area contributed by atoms with Gasteiger partial charge in [-0.3, -0.25) is 0 Å². The Bertz CT molecular complexity index is 547. The molecular weight excluding hydrogens is 371 g/mol. The quantitative estimate of drug-likeness (QED) is 0.633. The van der Waals surface area contributed by atoms with Gasteiger partial charge in [-0.05, 0) is 18.2 Å². The second kappa shape index (κ2) is 6.84. The van der Waals surface area contributed by atoms with Crippen molar-refractivity contribution in [3.05, 3.63) is 44.1 Å². The van der Waals surface area contributed by atoms with Gasteiger partial charge in [0.2, 0.25) is 0 Å². The van der Waals surface area contributed by atoms with Crippen LogP contribution < -0.4 is 9.47 Å². The van der Waals surface area contributed by atoms with Gasteiger partial charge in [0.15, 0.2) is 11.5 Å². The molecule has 0 spiro atoms. The lowest BCUT2D eigenvalue weighted by Gasteiger charge is -2.14. The topological polar surface area (TPSA) is 18.5 Å². The summed E-state index contributed by atoms with van der Waals surface area (Å²) in [6.07, 6.45) is 0. The Hall–Kier alpha value is -0.420. The van der Waals surface area contributed by atoms with Crippen molar-refractivity contribution in [2.75, 3.05) is 7.11 Å². The fourth-order valence-electron chi connectivity index (χ4n) is 1.61. The zero-order chi connectivity index (χ0) is 13.8. The molecule has 2 aromatic rings. The van der Waals surface area contributed by atoms with Crippen LogP contribution in [0.25, 0.3) is 0 Å². The molecule has 0 fully saturated rings. The molecule has 6 heteroatoms. The van der Waals surface area contributed by atoms with Crippen molar-refractivity contribution >= 4 is 50.5 Å². The van der Waals surface area contributed by atoms with Gasteiger partial charge in [0, 0.05) is 26.9 Å². The Labute approximate surface area is 134 Å². The van der Waals surface area contributed by atoms with Crippen molar-refractivity contribution in [1.82, 2.24) is 0 Å². The van der Waals surface area contributed by atoms with Crippen LogP contribution in [0.4, 0.5) is 0 Å². The standard InChI is InChI=1S/C13H11BrCl2O2S/c1-17-11-5-9(15)4-8(6-14)13(11)18-7-10-2-3-12(16)19-10/h2-5H,6-7H2,1H3. The summed E-state index contributed by atoms with van der Waals surface area (Å²) in [7, 11) is 1.60. The molecule has 1 aromatic heterocycles. The lowest BCUT2D eigenvalue weighted by Crippen LogP contribution is -1.99. The minimum atomic E-state index is 0.454. The van der Waals surface area contributed by atoms with Gasteiger partial charge in [0.1, 0.15) is 6.61 Å². The van der Waals surface area contributed by atoms with E-state index in [1.54, 1.807) is 13.2 Å². The molecule has 0 aliphatic rings. The zero-order valence-corrected chi connectivity index (χ0v) is 14.0. The van der Waals surface area contributed by atoms with E-state index in [1.165, 1.54) is 11.3 Å². The van der Waals surface area contributed by atoms with E-state index in [9.17, 15) is 0 Å². The first-order valence-electron chi connectivity index (χ1n) is 5.43. The summed E-state index contributed by atoms with van der Waals surface area (Å²) in [5, 5.41) is 1.27. The van der Waals surface area contributed by atoms with Gasteiger partial charge in [0.05, 0.1) is 11.4 Å². The highest BCUT2D eigenvalue weighted by atomic mass is 79.9. The summed E-state index contributed by atoms with van der Waals surface area (Å²) in [5.74, 6) is 1.33. The van der Waals surface area contributed by atoms with Gasteiger partial charge in [-0.15, -0.1) is 11.3 Å². The maximum Gasteiger partial charge on any atom is 0.165 e. The molecule has 1 aromatic carbocycles. The van der Waals surface area contributed by atoms with E-state index < -0.39 is 0 Å². The van der Waals surface area contributed by atoms with Gasteiger partial charge >= 0.3 is 0 Å². The first-order chi connectivity index (χ1) is 9.13. The van der Waals surface area contributed by atoms with Crippen molar-refractivity contribution in [2.24, 2.45) is 0 Å². The molecule has 0 aliphatic carbocycles. The first-order valence-corrected chi connectivity index (χ1v) is 8.13. The summed E-state index contributed by atoms with van der Waals surface area (Å²) in [4.78, 5) is 1.06. The van der Waals surface area contributed by atoms with Gasteiger partial charge in [-0.2, -0.15) is 0 Å². The van der Waals surface area contributed by atoms with E-state index in [2.05, 4.69) is 15.9 Å². The molecule has 0 unspecified atom stereocenters. The maximum absolute atomic E-state index is 6.03. The number of hydrogen-bond donors (Lipinski definition) is 0. The van der Waals surface area contributed by atoms with Crippen LogP contribution in [0.15, 0.2) is 24.3 Å². The average Bonchev–Trinajstić information content (AvgIpc) is 2.81. The summed E-state index contributed by atoms with van der Waals surface area (Å²) < 4.78 is 11.9. The van der Waals surface area contributed by atoms with Gasteiger partial charge in [-0.25, -0.2) is 0 Å². The van der Waals surface area contributed by atoms with Crippen molar-refractivity contribution in [3.63, 3.8) is 0 Å². The molecule has 2 rings (SSSR count). The van der Waals surface area contributed by atoms with E-state index >= 15 is 0 Å². The number of rotatable bonds is 5. The van der Waals surface area contributed by atoms with Crippen molar-refractivity contribution in [2.45, 2.75) is 11.9 Å². The minimum absolute atomic E-state index is 0.454. The second-order valence-corrected chi connectivity index (χ2v) is 6.52. The van der Waals surface area contributed by atoms with E-state index in [0.717, 1.165) is 14.8 Å². The first kappa shape index (κ1) is 15.0. The van der Waals surface area contributed by atoms with Gasteiger partial charge in [-0.1, -0.05) is 39.1 Å². The van der Waals surface area contributed by atoms with Crippen LogP contribution in [0.1, 0.15) is 10.4 Å². The highest BCUT2D eigenvalue weighted by molar-refractivity contribution is 9.08. The Morgan fingerprint density at radius 2 is 2.05 bits per heavy atom. The van der Waals surface area contributed by atoms with Crippen molar-refractivity contribution in [3.8, 4) is 11.5 Å². The second-order valence-electron chi connectivity index (χ2n) is 3.72. The minimum Gasteiger partial charge on any atom is -0.493 e. The number of hydrogen-bond acceptors (Lipinski definition) is 3. The number of thiophene rings is 1. The van der Waals surface area contributed by atoms with Gasteiger partial charge in [0.25, 0.3) is 0 Å². The predicted octanol–water partition coefficient (Wildman–Crippen LogP) is 5.54. The normalized spacial score (nSPS) is 10.5. The molecule has 0 atom stereocenters. The molecule has 0 N–H and O–H groups in total. The Morgan fingerprint density at radius 3 is 2.63 bits per heavy atom. The van der Waals surface area contributed by atoms with Crippen molar-refractivity contribution in [1.29, 1.82) is 0 Å². The van der Waals surface area contributed by atoms with E-state index in [0.29, 0.717) is 28.5 Å². The average molecular weight is 382 g/mol. The highest BCUT2D eigenvalue weighted by Gasteiger charge is 2.12. The number of halogens is 3. The van der Waals surface area contributed by atoms with E-state index in [-0.39, 0.29) is 0 Å². The molecular formula is C13H11BrCl2O2S. The number of benzene rings is 1. The van der Waals surface area contributed by atoms with Crippen LogP contribution in [0.2, 0.25) is 9.36 Å². The largest absolute Gasteiger partial charge is 0.493 e. The number of alkyl halides is 1. The molecule has 0 aliphatic heterocycles. The Kier molecular flexibility index (Phi) is 5.39. The third kappa shape index (κ3) is 3.78. The van der Waals surface area contributed by atoms with Gasteiger partial charge < -0.3 is 9.47 Å². The van der Waals surface area contributed by atoms with Crippen LogP contribution in [0, 0.1) is 0 Å². The van der Waals surface area contributed by atoms with Crippen molar-refractivity contribution < 1.29 is 9.47 Å². The smallest absolute Gasteiger partial charge is 0.165 e.